The van der Waals surface area contributed by atoms with Crippen LogP contribution in [0, 0.1) is 0 Å². The van der Waals surface area contributed by atoms with Crippen molar-refractivity contribution in [1.82, 2.24) is 0 Å². The van der Waals surface area contributed by atoms with E-state index in [1.165, 1.54) is 141 Å². The van der Waals surface area contributed by atoms with Crippen LogP contribution in [-0.4, -0.2) is 5.78 Å². The van der Waals surface area contributed by atoms with Crippen LogP contribution >= 0.6 is 0 Å². The SMILES string of the molecule is CCCCCC/C=C\CCCCCCCC(=O)CCCCCCC/C=C\CCCCCCCC. The Bertz CT molecular complexity index is 447. The van der Waals surface area contributed by atoms with Crippen molar-refractivity contribution in [3.05, 3.63) is 24.3 Å². The molecule has 0 bridgehead atoms. The zero-order valence-electron chi connectivity index (χ0n) is 23.6. The Balaban J connectivity index is 3.24. The zero-order valence-corrected chi connectivity index (χ0v) is 23.6. The molecule has 0 aliphatic carbocycles. The Morgan fingerprint density at radius 2 is 0.647 bits per heavy atom. The maximum Gasteiger partial charge on any atom is 0.132 e. The van der Waals surface area contributed by atoms with Crippen LogP contribution in [0.15, 0.2) is 24.3 Å². The average molecular weight is 475 g/mol. The molecule has 0 heterocycles. The summed E-state index contributed by atoms with van der Waals surface area (Å²) in [5, 5.41) is 0. The molecule has 0 aliphatic heterocycles. The highest BCUT2D eigenvalue weighted by molar-refractivity contribution is 5.78. The van der Waals surface area contributed by atoms with Gasteiger partial charge in [-0.2, -0.15) is 0 Å². The van der Waals surface area contributed by atoms with Crippen LogP contribution in [0.4, 0.5) is 0 Å². The standard InChI is InChI=1S/C33H62O/c1-3-5-7-9-11-13-15-17-18-20-22-24-26-28-30-32-33(34)31-29-27-25-23-21-19-16-14-12-10-8-6-4-2/h14,16-18H,3-13,15,19-32H2,1-2H3/b16-14-,18-17-. The minimum atomic E-state index is 0.503. The van der Waals surface area contributed by atoms with E-state index in [1.54, 1.807) is 0 Å². The predicted molar refractivity (Wildman–Crippen MR) is 155 cm³/mol. The summed E-state index contributed by atoms with van der Waals surface area (Å²) in [7, 11) is 0. The Morgan fingerprint density at radius 1 is 0.382 bits per heavy atom. The van der Waals surface area contributed by atoms with Crippen LogP contribution in [0.5, 0.6) is 0 Å². The molecule has 0 rings (SSSR count). The Hall–Kier alpha value is -0.850. The molecule has 0 aromatic rings. The number of allylic oxidation sites excluding steroid dienone is 4. The first-order valence-electron chi connectivity index (χ1n) is 15.6. The van der Waals surface area contributed by atoms with Crippen molar-refractivity contribution >= 4 is 5.78 Å². The lowest BCUT2D eigenvalue weighted by Gasteiger charge is -2.03. The van der Waals surface area contributed by atoms with Gasteiger partial charge in [0.1, 0.15) is 5.78 Å². The highest BCUT2D eigenvalue weighted by atomic mass is 16.1. The fourth-order valence-electron chi connectivity index (χ4n) is 4.56. The van der Waals surface area contributed by atoms with Crippen LogP contribution in [0.2, 0.25) is 0 Å². The van der Waals surface area contributed by atoms with Gasteiger partial charge >= 0.3 is 0 Å². The van der Waals surface area contributed by atoms with Crippen molar-refractivity contribution in [2.45, 2.75) is 181 Å². The van der Waals surface area contributed by atoms with Crippen LogP contribution < -0.4 is 0 Å². The molecule has 0 aromatic carbocycles. The van der Waals surface area contributed by atoms with Crippen molar-refractivity contribution in [2.75, 3.05) is 0 Å². The second kappa shape index (κ2) is 30.2. The lowest BCUT2D eigenvalue weighted by molar-refractivity contribution is -0.119. The van der Waals surface area contributed by atoms with Crippen molar-refractivity contribution in [3.8, 4) is 0 Å². The van der Waals surface area contributed by atoms with Crippen molar-refractivity contribution < 1.29 is 4.79 Å². The molecule has 1 heteroatoms. The fraction of sp³-hybridized carbons (Fsp3) is 0.848. The first-order valence-corrected chi connectivity index (χ1v) is 15.6. The van der Waals surface area contributed by atoms with Crippen LogP contribution in [0.25, 0.3) is 0 Å². The number of rotatable bonds is 28. The number of Topliss-reactive ketones (excluding diaryl/α,β-unsaturated/α-hetero) is 1. The third-order valence-corrected chi connectivity index (χ3v) is 6.93. The van der Waals surface area contributed by atoms with Gasteiger partial charge in [-0.3, -0.25) is 4.79 Å². The van der Waals surface area contributed by atoms with E-state index in [1.807, 2.05) is 0 Å². The molecule has 0 N–H and O–H groups in total. The Morgan fingerprint density at radius 3 is 1.00 bits per heavy atom. The van der Waals surface area contributed by atoms with E-state index < -0.39 is 0 Å². The van der Waals surface area contributed by atoms with Gasteiger partial charge in [-0.25, -0.2) is 0 Å². The lowest BCUT2D eigenvalue weighted by atomic mass is 10.0. The van der Waals surface area contributed by atoms with E-state index in [0.717, 1.165) is 25.7 Å². The van der Waals surface area contributed by atoms with E-state index >= 15 is 0 Å². The first-order chi connectivity index (χ1) is 16.8. The third-order valence-electron chi connectivity index (χ3n) is 6.93. The Kier molecular flexibility index (Phi) is 29.4. The van der Waals surface area contributed by atoms with Gasteiger partial charge < -0.3 is 0 Å². The maximum absolute atomic E-state index is 12.1. The van der Waals surface area contributed by atoms with Gasteiger partial charge in [0.2, 0.25) is 0 Å². The normalized spacial score (nSPS) is 11.8. The summed E-state index contributed by atoms with van der Waals surface area (Å²) in [6.45, 7) is 4.55. The predicted octanol–water partition coefficient (Wildman–Crippen LogP) is 11.9. The smallest absolute Gasteiger partial charge is 0.132 e. The van der Waals surface area contributed by atoms with Gasteiger partial charge in [0, 0.05) is 12.8 Å². The number of hydrogen-bond acceptors (Lipinski definition) is 1. The minimum absolute atomic E-state index is 0.503. The maximum atomic E-state index is 12.1. The molecule has 0 fully saturated rings. The topological polar surface area (TPSA) is 17.1 Å². The molecule has 1 nitrogen and oxygen atoms in total. The fourth-order valence-corrected chi connectivity index (χ4v) is 4.56. The summed E-state index contributed by atoms with van der Waals surface area (Å²) in [4.78, 5) is 12.1. The molecule has 0 atom stereocenters. The summed E-state index contributed by atoms with van der Waals surface area (Å²) in [5.74, 6) is 0.503. The number of hydrogen-bond donors (Lipinski definition) is 0. The van der Waals surface area contributed by atoms with Crippen molar-refractivity contribution in [2.24, 2.45) is 0 Å². The molecule has 0 saturated heterocycles. The molecule has 0 aromatic heterocycles. The lowest BCUT2D eigenvalue weighted by Crippen LogP contribution is -1.97. The largest absolute Gasteiger partial charge is 0.300 e. The van der Waals surface area contributed by atoms with Crippen molar-refractivity contribution in [3.63, 3.8) is 0 Å². The quantitative estimate of drug-likeness (QED) is 0.0813. The second-order valence-corrected chi connectivity index (χ2v) is 10.5. The van der Waals surface area contributed by atoms with Gasteiger partial charge in [0.15, 0.2) is 0 Å². The van der Waals surface area contributed by atoms with Gasteiger partial charge in [-0.1, -0.05) is 128 Å². The summed E-state index contributed by atoms with van der Waals surface area (Å²) in [5.41, 5.74) is 0. The monoisotopic (exact) mass is 474 g/mol. The number of carbonyl (C=O) groups is 1. The highest BCUT2D eigenvalue weighted by Gasteiger charge is 2.02. The number of carbonyl (C=O) groups excluding carboxylic acids is 1. The molecule has 0 unspecified atom stereocenters. The Labute approximate surface area is 215 Å². The van der Waals surface area contributed by atoms with E-state index in [4.69, 9.17) is 0 Å². The molecular weight excluding hydrogens is 412 g/mol. The summed E-state index contributed by atoms with van der Waals surface area (Å²) >= 11 is 0. The molecule has 0 radical (unpaired) electrons. The molecule has 0 amide bonds. The molecule has 0 spiro atoms. The third kappa shape index (κ3) is 29.2. The van der Waals surface area contributed by atoms with Gasteiger partial charge in [-0.05, 0) is 64.2 Å². The molecular formula is C33H62O. The number of unbranched alkanes of at least 4 members (excludes halogenated alkanes) is 20. The van der Waals surface area contributed by atoms with Gasteiger partial charge in [0.25, 0.3) is 0 Å². The minimum Gasteiger partial charge on any atom is -0.300 e. The van der Waals surface area contributed by atoms with E-state index in [-0.39, 0.29) is 0 Å². The molecule has 0 aliphatic rings. The first kappa shape index (κ1) is 33.1. The second-order valence-electron chi connectivity index (χ2n) is 10.5. The van der Waals surface area contributed by atoms with E-state index in [0.29, 0.717) is 5.78 Å². The molecule has 200 valence electrons. The summed E-state index contributed by atoms with van der Waals surface area (Å²) in [6, 6.07) is 0. The summed E-state index contributed by atoms with van der Waals surface area (Å²) < 4.78 is 0. The van der Waals surface area contributed by atoms with Gasteiger partial charge in [-0.15, -0.1) is 0 Å². The zero-order chi connectivity index (χ0) is 24.8. The van der Waals surface area contributed by atoms with Crippen molar-refractivity contribution in [1.29, 1.82) is 0 Å². The molecule has 0 saturated carbocycles. The average Bonchev–Trinajstić information content (AvgIpc) is 2.84. The van der Waals surface area contributed by atoms with Crippen LogP contribution in [-0.2, 0) is 4.79 Å². The van der Waals surface area contributed by atoms with Gasteiger partial charge in [0.05, 0.1) is 0 Å². The molecule has 34 heavy (non-hydrogen) atoms. The summed E-state index contributed by atoms with van der Waals surface area (Å²) in [6.07, 6.45) is 42.6. The number of ketones is 1. The highest BCUT2D eigenvalue weighted by Crippen LogP contribution is 2.13. The van der Waals surface area contributed by atoms with E-state index in [2.05, 4.69) is 38.2 Å². The van der Waals surface area contributed by atoms with Crippen LogP contribution in [0.1, 0.15) is 181 Å². The van der Waals surface area contributed by atoms with Crippen LogP contribution in [0.3, 0.4) is 0 Å². The van der Waals surface area contributed by atoms with E-state index in [9.17, 15) is 4.79 Å².